The van der Waals surface area contributed by atoms with Crippen molar-refractivity contribution in [3.8, 4) is 0 Å². The molecule has 0 unspecified atom stereocenters. The first-order chi connectivity index (χ1) is 11.1. The van der Waals surface area contributed by atoms with Crippen LogP contribution < -0.4 is 5.56 Å². The molecule has 2 aromatic rings. The maximum absolute atomic E-state index is 13.2. The molecule has 0 aliphatic carbocycles. The molecule has 2 N–H and O–H groups in total. The Kier molecular flexibility index (Phi) is 7.54. The van der Waals surface area contributed by atoms with Crippen LogP contribution in [0.4, 0.5) is 8.78 Å². The summed E-state index contributed by atoms with van der Waals surface area (Å²) in [5.41, 5.74) is -1.04. The molecule has 0 aliphatic heterocycles. The minimum atomic E-state index is -3.66. The summed E-state index contributed by atoms with van der Waals surface area (Å²) >= 11 is 18.1. The number of aromatic amines is 1. The van der Waals surface area contributed by atoms with Crippen LogP contribution in [0.15, 0.2) is 38.9 Å². The maximum Gasteiger partial charge on any atom is 0.362 e. The van der Waals surface area contributed by atoms with Gasteiger partial charge in [0.15, 0.2) is 0 Å². The summed E-state index contributed by atoms with van der Waals surface area (Å²) < 4.78 is 26.4. The topological polar surface area (TPSA) is 70.2 Å². The second kappa shape index (κ2) is 8.71. The molecule has 4 nitrogen and oxygen atoms in total. The van der Waals surface area contributed by atoms with E-state index in [9.17, 15) is 13.6 Å². The Hall–Kier alpha value is -1.28. The quantitative estimate of drug-likeness (QED) is 0.537. The first-order valence-corrected chi connectivity index (χ1v) is 8.07. The third-order valence-electron chi connectivity index (χ3n) is 2.67. The number of rotatable bonds is 3. The van der Waals surface area contributed by atoms with Crippen LogP contribution >= 0.6 is 46.6 Å². The third kappa shape index (κ3) is 5.37. The second-order valence-corrected chi connectivity index (χ2v) is 6.60. The molecule has 0 amide bonds. The van der Waals surface area contributed by atoms with Gasteiger partial charge in [-0.2, -0.15) is 8.78 Å². The first kappa shape index (κ1) is 20.8. The summed E-state index contributed by atoms with van der Waals surface area (Å²) in [5.74, 6) is 0. The van der Waals surface area contributed by atoms with Gasteiger partial charge in [0.25, 0.3) is 12.0 Å². The molecule has 10 heteroatoms. The molecule has 0 fully saturated rings. The number of nitrogens with one attached hydrogen (secondary N) is 1. The number of halogens is 5. The highest BCUT2D eigenvalue weighted by Crippen LogP contribution is 2.40. The molecule has 130 valence electrons. The molecule has 1 aromatic carbocycles. The van der Waals surface area contributed by atoms with Gasteiger partial charge >= 0.3 is 5.38 Å². The summed E-state index contributed by atoms with van der Waals surface area (Å²) in [4.78, 5) is 22.9. The highest BCUT2D eigenvalue weighted by atomic mass is 35.5. The van der Waals surface area contributed by atoms with Crippen LogP contribution in [0.3, 0.4) is 0 Å². The summed E-state index contributed by atoms with van der Waals surface area (Å²) in [6.07, 6.45) is 0. The van der Waals surface area contributed by atoms with Crippen LogP contribution in [0.1, 0.15) is 11.3 Å². The SMILES string of the molecule is Cc1c(Sc2c(Cl)cccc2Cl)cc(C(F)(F)Cl)[nH]c1=O.O=CO. The molecule has 0 aliphatic rings. The molecule has 0 saturated heterocycles. The fourth-order valence-electron chi connectivity index (χ4n) is 1.55. The van der Waals surface area contributed by atoms with E-state index in [1.807, 2.05) is 0 Å². The summed E-state index contributed by atoms with van der Waals surface area (Å²) in [6.45, 7) is 1.27. The van der Waals surface area contributed by atoms with E-state index in [0.717, 1.165) is 17.8 Å². The van der Waals surface area contributed by atoms with Gasteiger partial charge in [0.05, 0.1) is 10.0 Å². The molecule has 24 heavy (non-hydrogen) atoms. The van der Waals surface area contributed by atoms with E-state index in [1.54, 1.807) is 18.2 Å². The van der Waals surface area contributed by atoms with Gasteiger partial charge in [0, 0.05) is 15.4 Å². The Balaban J connectivity index is 0.000000891. The fourth-order valence-corrected chi connectivity index (χ4v) is 3.26. The van der Waals surface area contributed by atoms with E-state index in [-0.39, 0.29) is 12.0 Å². The maximum atomic E-state index is 13.2. The van der Waals surface area contributed by atoms with Crippen molar-refractivity contribution < 1.29 is 18.7 Å². The van der Waals surface area contributed by atoms with E-state index in [0.29, 0.717) is 19.8 Å². The van der Waals surface area contributed by atoms with Crippen LogP contribution in [-0.2, 0) is 10.2 Å². The van der Waals surface area contributed by atoms with Gasteiger partial charge in [-0.15, -0.1) is 0 Å². The lowest BCUT2D eigenvalue weighted by Gasteiger charge is -2.12. The summed E-state index contributed by atoms with van der Waals surface area (Å²) in [5, 5.41) is 3.96. The van der Waals surface area contributed by atoms with E-state index in [4.69, 9.17) is 44.7 Å². The van der Waals surface area contributed by atoms with Crippen molar-refractivity contribution in [1.29, 1.82) is 0 Å². The monoisotopic (exact) mass is 415 g/mol. The number of H-pyrrole nitrogens is 1. The highest BCUT2D eigenvalue weighted by Gasteiger charge is 2.30. The summed E-state index contributed by atoms with van der Waals surface area (Å²) in [6, 6.07) is 6.02. The van der Waals surface area contributed by atoms with Crippen molar-refractivity contribution in [2.75, 3.05) is 0 Å². The molecule has 0 bridgehead atoms. The highest BCUT2D eigenvalue weighted by molar-refractivity contribution is 7.99. The number of pyridine rings is 1. The lowest BCUT2D eigenvalue weighted by molar-refractivity contribution is -0.122. The predicted octanol–water partition coefficient (Wildman–Crippen LogP) is 5.13. The van der Waals surface area contributed by atoms with Gasteiger partial charge in [0.1, 0.15) is 5.69 Å². The van der Waals surface area contributed by atoms with Crippen LogP contribution in [0.2, 0.25) is 10.0 Å². The van der Waals surface area contributed by atoms with Gasteiger partial charge < -0.3 is 10.1 Å². The van der Waals surface area contributed by atoms with Gasteiger partial charge in [-0.05, 0) is 36.7 Å². The van der Waals surface area contributed by atoms with Crippen molar-refractivity contribution >= 4 is 53.0 Å². The van der Waals surface area contributed by atoms with E-state index < -0.39 is 16.6 Å². The number of alkyl halides is 3. The van der Waals surface area contributed by atoms with Crippen LogP contribution in [0, 0.1) is 6.92 Å². The van der Waals surface area contributed by atoms with Gasteiger partial charge in [-0.25, -0.2) is 0 Å². The average Bonchev–Trinajstić information content (AvgIpc) is 2.47. The third-order valence-corrected chi connectivity index (χ3v) is 5.02. The fraction of sp³-hybridized carbons (Fsp3) is 0.143. The molecule has 2 rings (SSSR count). The van der Waals surface area contributed by atoms with Gasteiger partial charge in [-0.1, -0.05) is 41.0 Å². The number of hydrogen-bond donors (Lipinski definition) is 2. The van der Waals surface area contributed by atoms with Crippen LogP contribution in [0.25, 0.3) is 0 Å². The van der Waals surface area contributed by atoms with Crippen molar-refractivity contribution in [2.24, 2.45) is 0 Å². The number of carbonyl (C=O) groups is 1. The number of benzene rings is 1. The van der Waals surface area contributed by atoms with Crippen molar-refractivity contribution in [1.82, 2.24) is 4.98 Å². The average molecular weight is 417 g/mol. The lowest BCUT2D eigenvalue weighted by atomic mass is 10.2. The minimum absolute atomic E-state index is 0.250. The normalized spacial score (nSPS) is 10.8. The molecule has 1 aromatic heterocycles. The number of carboxylic acid groups (broad SMARTS) is 1. The van der Waals surface area contributed by atoms with Crippen molar-refractivity contribution in [3.05, 3.63) is 55.9 Å². The Morgan fingerprint density at radius 3 is 2.25 bits per heavy atom. The summed E-state index contributed by atoms with van der Waals surface area (Å²) in [7, 11) is 0. The van der Waals surface area contributed by atoms with Crippen LogP contribution in [0.5, 0.6) is 0 Å². The predicted molar refractivity (Wildman–Crippen MR) is 90.8 cm³/mol. The molecule has 0 spiro atoms. The molecule has 0 saturated carbocycles. The number of aromatic nitrogens is 1. The lowest BCUT2D eigenvalue weighted by Crippen LogP contribution is -2.18. The minimum Gasteiger partial charge on any atom is -0.483 e. The van der Waals surface area contributed by atoms with Gasteiger partial charge in [0.2, 0.25) is 0 Å². The molecule has 1 heterocycles. The Morgan fingerprint density at radius 1 is 1.29 bits per heavy atom. The largest absolute Gasteiger partial charge is 0.483 e. The van der Waals surface area contributed by atoms with E-state index in [1.165, 1.54) is 6.92 Å². The number of hydrogen-bond acceptors (Lipinski definition) is 3. The molecular weight excluding hydrogens is 407 g/mol. The zero-order valence-corrected chi connectivity index (χ0v) is 15.0. The van der Waals surface area contributed by atoms with Crippen LogP contribution in [-0.4, -0.2) is 16.6 Å². The standard InChI is InChI=1S/C13H8Cl3F2NOS.CH2O2/c1-6-9(5-10(13(16,17)18)19-12(6)20)21-11-7(14)3-2-4-8(11)15;2-1-3/h2-5H,1H3,(H,19,20);1H,(H,2,3). The zero-order valence-electron chi connectivity index (χ0n) is 11.9. The van der Waals surface area contributed by atoms with Gasteiger partial charge in [-0.3, -0.25) is 9.59 Å². The Bertz CT molecular complexity index is 774. The van der Waals surface area contributed by atoms with E-state index >= 15 is 0 Å². The zero-order chi connectivity index (χ0) is 18.5. The molecule has 0 atom stereocenters. The Labute approximate surface area is 154 Å². The van der Waals surface area contributed by atoms with Crippen molar-refractivity contribution in [3.63, 3.8) is 0 Å². The van der Waals surface area contributed by atoms with E-state index in [2.05, 4.69) is 4.98 Å². The Morgan fingerprint density at radius 2 is 1.79 bits per heavy atom. The molecular formula is C14H10Cl3F2NO3S. The van der Waals surface area contributed by atoms with Crippen molar-refractivity contribution in [2.45, 2.75) is 22.1 Å². The first-order valence-electron chi connectivity index (χ1n) is 6.12. The molecule has 0 radical (unpaired) electrons. The smallest absolute Gasteiger partial charge is 0.362 e. The second-order valence-electron chi connectivity index (χ2n) is 4.26.